The minimum Gasteiger partial charge on any atom is -0.375 e. The Morgan fingerprint density at radius 1 is 1.57 bits per heavy atom. The van der Waals surface area contributed by atoms with Crippen LogP contribution >= 0.6 is 11.3 Å². The number of thiazole rings is 1. The van der Waals surface area contributed by atoms with Gasteiger partial charge in [0.2, 0.25) is 0 Å². The third kappa shape index (κ3) is 1.77. The van der Waals surface area contributed by atoms with E-state index in [1.165, 1.54) is 10.6 Å². The normalized spacial score (nSPS) is 26.1. The largest absolute Gasteiger partial charge is 0.375 e. The molecule has 0 aliphatic heterocycles. The lowest BCUT2D eigenvalue weighted by atomic mass is 9.81. The topological polar surface area (TPSA) is 64.9 Å². The van der Waals surface area contributed by atoms with Gasteiger partial charge in [-0.15, -0.1) is 11.3 Å². The minimum atomic E-state index is 0.000718. The Hall–Kier alpha value is -0.610. The summed E-state index contributed by atoms with van der Waals surface area (Å²) in [6, 6.07) is 0. The van der Waals surface area contributed by atoms with E-state index >= 15 is 0 Å². The van der Waals surface area contributed by atoms with Crippen molar-refractivity contribution in [2.45, 2.75) is 44.6 Å². The molecule has 1 aromatic heterocycles. The van der Waals surface area contributed by atoms with Crippen LogP contribution in [0.3, 0.4) is 0 Å². The monoisotopic (exact) mass is 211 g/mol. The number of fused-ring (bicyclic) bond motifs is 1. The number of nitrogen functional groups attached to an aromatic ring is 1. The molecule has 1 aliphatic rings. The van der Waals surface area contributed by atoms with Gasteiger partial charge in [0.15, 0.2) is 5.13 Å². The van der Waals surface area contributed by atoms with Gasteiger partial charge in [-0.05, 0) is 19.3 Å². The first-order chi connectivity index (χ1) is 6.63. The second-order valence-electron chi connectivity index (χ2n) is 4.21. The van der Waals surface area contributed by atoms with Crippen molar-refractivity contribution in [3.63, 3.8) is 0 Å². The number of hydrogen-bond donors (Lipinski definition) is 2. The highest BCUT2D eigenvalue weighted by molar-refractivity contribution is 7.15. The van der Waals surface area contributed by atoms with E-state index in [1.807, 2.05) is 0 Å². The smallest absolute Gasteiger partial charge is 0.180 e. The van der Waals surface area contributed by atoms with Gasteiger partial charge in [0.25, 0.3) is 0 Å². The molecule has 4 N–H and O–H groups in total. The summed E-state index contributed by atoms with van der Waals surface area (Å²) in [5.41, 5.74) is 13.2. The lowest BCUT2D eigenvalue weighted by Crippen LogP contribution is -2.44. The van der Waals surface area contributed by atoms with Crippen LogP contribution in [0.2, 0.25) is 0 Å². The van der Waals surface area contributed by atoms with Gasteiger partial charge in [0.1, 0.15) is 0 Å². The predicted octanol–water partition coefficient (Wildman–Crippen LogP) is 1.71. The van der Waals surface area contributed by atoms with E-state index < -0.39 is 0 Å². The fraction of sp³-hybridized carbons (Fsp3) is 0.700. The first-order valence-electron chi connectivity index (χ1n) is 5.16. The molecule has 2 rings (SSSR count). The molecule has 14 heavy (non-hydrogen) atoms. The molecule has 0 radical (unpaired) electrons. The number of anilines is 1. The van der Waals surface area contributed by atoms with Crippen LogP contribution in [-0.4, -0.2) is 10.5 Å². The Kier molecular flexibility index (Phi) is 2.49. The van der Waals surface area contributed by atoms with Gasteiger partial charge in [0.05, 0.1) is 5.69 Å². The Labute approximate surface area is 88.5 Å². The zero-order valence-corrected chi connectivity index (χ0v) is 9.36. The first-order valence-corrected chi connectivity index (χ1v) is 5.97. The Morgan fingerprint density at radius 2 is 2.36 bits per heavy atom. The number of aryl methyl sites for hydroxylation is 1. The molecule has 0 saturated carbocycles. The van der Waals surface area contributed by atoms with Gasteiger partial charge in [0, 0.05) is 16.8 Å². The molecule has 0 spiro atoms. The molecule has 0 aromatic carbocycles. The molecule has 0 bridgehead atoms. The van der Waals surface area contributed by atoms with E-state index in [0.717, 1.165) is 32.1 Å². The van der Waals surface area contributed by atoms with Gasteiger partial charge in [-0.2, -0.15) is 0 Å². The SMILES string of the molecule is CCC[C@@]1(N)CCc2nc(N)sc2C1. The van der Waals surface area contributed by atoms with Crippen LogP contribution in [0.1, 0.15) is 36.8 Å². The third-order valence-corrected chi connectivity index (χ3v) is 3.84. The van der Waals surface area contributed by atoms with E-state index in [2.05, 4.69) is 11.9 Å². The summed E-state index contributed by atoms with van der Waals surface area (Å²) in [7, 11) is 0. The van der Waals surface area contributed by atoms with Crippen LogP contribution in [0.5, 0.6) is 0 Å². The average Bonchev–Trinajstić information content (AvgIpc) is 2.44. The van der Waals surface area contributed by atoms with Crippen molar-refractivity contribution >= 4 is 16.5 Å². The maximum absolute atomic E-state index is 6.33. The summed E-state index contributed by atoms with van der Waals surface area (Å²) >= 11 is 1.61. The quantitative estimate of drug-likeness (QED) is 0.782. The predicted molar refractivity (Wildman–Crippen MR) is 60.4 cm³/mol. The third-order valence-electron chi connectivity index (χ3n) is 2.91. The molecule has 3 nitrogen and oxygen atoms in total. The van der Waals surface area contributed by atoms with Gasteiger partial charge in [-0.25, -0.2) is 4.98 Å². The molecule has 0 fully saturated rings. The Balaban J connectivity index is 2.20. The van der Waals surface area contributed by atoms with E-state index in [9.17, 15) is 0 Å². The summed E-state index contributed by atoms with van der Waals surface area (Å²) in [6.45, 7) is 2.19. The summed E-state index contributed by atoms with van der Waals surface area (Å²) in [5, 5.41) is 0.691. The Bertz CT molecular complexity index is 334. The molecule has 4 heteroatoms. The fourth-order valence-electron chi connectivity index (χ4n) is 2.22. The highest BCUT2D eigenvalue weighted by Crippen LogP contribution is 2.34. The maximum Gasteiger partial charge on any atom is 0.180 e. The fourth-order valence-corrected chi connectivity index (χ4v) is 3.26. The summed E-state index contributed by atoms with van der Waals surface area (Å²) < 4.78 is 0. The maximum atomic E-state index is 6.33. The second-order valence-corrected chi connectivity index (χ2v) is 5.33. The lowest BCUT2D eigenvalue weighted by molar-refractivity contribution is 0.344. The van der Waals surface area contributed by atoms with E-state index in [-0.39, 0.29) is 5.54 Å². The number of nitrogens with zero attached hydrogens (tertiary/aromatic N) is 1. The molecule has 1 aliphatic carbocycles. The highest BCUT2D eigenvalue weighted by Gasteiger charge is 2.31. The van der Waals surface area contributed by atoms with Gasteiger partial charge < -0.3 is 11.5 Å². The molecule has 1 heterocycles. The van der Waals surface area contributed by atoms with Crippen molar-refractivity contribution in [1.29, 1.82) is 0 Å². The van der Waals surface area contributed by atoms with Gasteiger partial charge in [-0.1, -0.05) is 13.3 Å². The molecular formula is C10H17N3S. The molecule has 0 amide bonds. The number of nitrogens with two attached hydrogens (primary N) is 2. The summed E-state index contributed by atoms with van der Waals surface area (Å²) in [5.74, 6) is 0. The van der Waals surface area contributed by atoms with Crippen molar-refractivity contribution < 1.29 is 0 Å². The zero-order valence-electron chi connectivity index (χ0n) is 8.55. The molecule has 0 unspecified atom stereocenters. The summed E-state index contributed by atoms with van der Waals surface area (Å²) in [6.07, 6.45) is 5.27. The summed E-state index contributed by atoms with van der Waals surface area (Å²) in [4.78, 5) is 5.63. The molecule has 0 saturated heterocycles. The van der Waals surface area contributed by atoms with Crippen LogP contribution in [0, 0.1) is 0 Å². The highest BCUT2D eigenvalue weighted by atomic mass is 32.1. The van der Waals surface area contributed by atoms with E-state index in [0.29, 0.717) is 5.13 Å². The number of hydrogen-bond acceptors (Lipinski definition) is 4. The van der Waals surface area contributed by atoms with E-state index in [4.69, 9.17) is 11.5 Å². The molecule has 1 atom stereocenters. The van der Waals surface area contributed by atoms with Gasteiger partial charge >= 0.3 is 0 Å². The van der Waals surface area contributed by atoms with Crippen molar-refractivity contribution in [2.75, 3.05) is 5.73 Å². The van der Waals surface area contributed by atoms with Crippen LogP contribution in [-0.2, 0) is 12.8 Å². The van der Waals surface area contributed by atoms with Crippen LogP contribution < -0.4 is 11.5 Å². The van der Waals surface area contributed by atoms with Crippen LogP contribution in [0.15, 0.2) is 0 Å². The van der Waals surface area contributed by atoms with Crippen molar-refractivity contribution in [1.82, 2.24) is 4.98 Å². The first kappa shape index (κ1) is 9.93. The number of rotatable bonds is 2. The average molecular weight is 211 g/mol. The molecule has 1 aromatic rings. The van der Waals surface area contributed by atoms with Crippen molar-refractivity contribution in [2.24, 2.45) is 5.73 Å². The van der Waals surface area contributed by atoms with Crippen LogP contribution in [0.4, 0.5) is 5.13 Å². The minimum absolute atomic E-state index is 0.000718. The van der Waals surface area contributed by atoms with E-state index in [1.54, 1.807) is 11.3 Å². The molecular weight excluding hydrogens is 194 g/mol. The molecule has 78 valence electrons. The Morgan fingerprint density at radius 3 is 3.07 bits per heavy atom. The van der Waals surface area contributed by atoms with Gasteiger partial charge in [-0.3, -0.25) is 0 Å². The second kappa shape index (κ2) is 3.51. The van der Waals surface area contributed by atoms with Crippen molar-refractivity contribution in [3.8, 4) is 0 Å². The lowest BCUT2D eigenvalue weighted by Gasteiger charge is -2.32. The van der Waals surface area contributed by atoms with Crippen LogP contribution in [0.25, 0.3) is 0 Å². The number of aromatic nitrogens is 1. The standard InChI is InChI=1S/C10H17N3S/c1-2-4-10(12)5-3-7-8(6-10)14-9(11)13-7/h2-6,12H2,1H3,(H2,11,13)/t10-/m1/s1. The zero-order chi connectivity index (χ0) is 10.2. The van der Waals surface area contributed by atoms with Crippen molar-refractivity contribution in [3.05, 3.63) is 10.6 Å².